The van der Waals surface area contributed by atoms with Gasteiger partial charge >= 0.3 is 0 Å². The van der Waals surface area contributed by atoms with Crippen LogP contribution in [0.3, 0.4) is 0 Å². The van der Waals surface area contributed by atoms with Crippen molar-refractivity contribution in [3.63, 3.8) is 0 Å². The summed E-state index contributed by atoms with van der Waals surface area (Å²) in [5.41, 5.74) is 6.48. The first kappa shape index (κ1) is 13.5. The molecule has 0 bridgehead atoms. The van der Waals surface area contributed by atoms with Crippen LogP contribution in [0.5, 0.6) is 0 Å². The first-order valence-electron chi connectivity index (χ1n) is 6.24. The SMILES string of the molecule is CC1(CNS(=O)(=O)c2cccc(CN)c2)CCC1. The highest BCUT2D eigenvalue weighted by atomic mass is 32.2. The summed E-state index contributed by atoms with van der Waals surface area (Å²) in [5.74, 6) is 0. The minimum atomic E-state index is -3.41. The summed E-state index contributed by atoms with van der Waals surface area (Å²) in [6.45, 7) is 2.98. The van der Waals surface area contributed by atoms with Gasteiger partial charge in [-0.15, -0.1) is 0 Å². The van der Waals surface area contributed by atoms with Gasteiger partial charge in [0.2, 0.25) is 10.0 Å². The lowest BCUT2D eigenvalue weighted by Crippen LogP contribution is -2.39. The third-order valence-electron chi connectivity index (χ3n) is 3.69. The van der Waals surface area contributed by atoms with Gasteiger partial charge in [-0.1, -0.05) is 25.5 Å². The number of rotatable bonds is 5. The molecule has 0 spiro atoms. The van der Waals surface area contributed by atoms with E-state index < -0.39 is 10.0 Å². The molecule has 1 aromatic carbocycles. The topological polar surface area (TPSA) is 72.2 Å². The van der Waals surface area contributed by atoms with E-state index in [2.05, 4.69) is 11.6 Å². The number of nitrogens with one attached hydrogen (secondary N) is 1. The third kappa shape index (κ3) is 2.91. The average Bonchev–Trinajstić information content (AvgIpc) is 2.34. The van der Waals surface area contributed by atoms with Crippen molar-refractivity contribution in [2.24, 2.45) is 11.1 Å². The molecule has 0 atom stereocenters. The van der Waals surface area contributed by atoms with E-state index in [9.17, 15) is 8.42 Å². The number of benzene rings is 1. The summed E-state index contributed by atoms with van der Waals surface area (Å²) in [5, 5.41) is 0. The fraction of sp³-hybridized carbons (Fsp3) is 0.538. The summed E-state index contributed by atoms with van der Waals surface area (Å²) in [4.78, 5) is 0.299. The summed E-state index contributed by atoms with van der Waals surface area (Å²) < 4.78 is 27.0. The lowest BCUT2D eigenvalue weighted by Gasteiger charge is -2.38. The Morgan fingerprint density at radius 2 is 2.11 bits per heavy atom. The molecule has 0 aliphatic heterocycles. The van der Waals surface area contributed by atoms with Gasteiger partial charge in [-0.3, -0.25) is 0 Å². The number of nitrogens with two attached hydrogens (primary N) is 1. The second-order valence-electron chi connectivity index (χ2n) is 5.34. The van der Waals surface area contributed by atoms with Gasteiger partial charge in [0.25, 0.3) is 0 Å². The Balaban J connectivity index is 2.09. The number of sulfonamides is 1. The van der Waals surface area contributed by atoms with Crippen LogP contribution in [-0.4, -0.2) is 15.0 Å². The maximum atomic E-state index is 12.1. The van der Waals surface area contributed by atoms with E-state index in [-0.39, 0.29) is 5.41 Å². The molecular weight excluding hydrogens is 248 g/mol. The van der Waals surface area contributed by atoms with Crippen LogP contribution >= 0.6 is 0 Å². The monoisotopic (exact) mass is 268 g/mol. The normalized spacial score (nSPS) is 18.3. The molecule has 1 aromatic rings. The quantitative estimate of drug-likeness (QED) is 0.852. The molecule has 0 heterocycles. The zero-order chi connectivity index (χ0) is 13.2. The molecule has 3 N–H and O–H groups in total. The van der Waals surface area contributed by atoms with E-state index in [0.717, 1.165) is 18.4 Å². The second kappa shape index (κ2) is 4.99. The van der Waals surface area contributed by atoms with Crippen LogP contribution in [0, 0.1) is 5.41 Å². The molecule has 18 heavy (non-hydrogen) atoms. The Morgan fingerprint density at radius 3 is 2.67 bits per heavy atom. The van der Waals surface area contributed by atoms with Gasteiger partial charge in [-0.25, -0.2) is 13.1 Å². The molecule has 1 aliphatic carbocycles. The molecular formula is C13H20N2O2S. The lowest BCUT2D eigenvalue weighted by atomic mass is 9.71. The highest BCUT2D eigenvalue weighted by Gasteiger charge is 2.32. The minimum absolute atomic E-state index is 0.137. The van der Waals surface area contributed by atoms with Crippen molar-refractivity contribution in [2.75, 3.05) is 6.54 Å². The fourth-order valence-corrected chi connectivity index (χ4v) is 3.42. The molecule has 0 saturated heterocycles. The van der Waals surface area contributed by atoms with Crippen LogP contribution < -0.4 is 10.5 Å². The summed E-state index contributed by atoms with van der Waals surface area (Å²) >= 11 is 0. The second-order valence-corrected chi connectivity index (χ2v) is 7.11. The molecule has 0 aromatic heterocycles. The minimum Gasteiger partial charge on any atom is -0.326 e. The van der Waals surface area contributed by atoms with E-state index in [0.29, 0.717) is 18.0 Å². The van der Waals surface area contributed by atoms with Crippen LogP contribution in [0.4, 0.5) is 0 Å². The van der Waals surface area contributed by atoms with Crippen molar-refractivity contribution in [2.45, 2.75) is 37.6 Å². The largest absolute Gasteiger partial charge is 0.326 e. The maximum Gasteiger partial charge on any atom is 0.240 e. The van der Waals surface area contributed by atoms with Gasteiger partial charge in [0.15, 0.2) is 0 Å². The van der Waals surface area contributed by atoms with Gasteiger partial charge in [0, 0.05) is 13.1 Å². The van der Waals surface area contributed by atoms with Gasteiger partial charge in [0.1, 0.15) is 0 Å². The van der Waals surface area contributed by atoms with Crippen LogP contribution in [0.2, 0.25) is 0 Å². The highest BCUT2D eigenvalue weighted by molar-refractivity contribution is 7.89. The van der Waals surface area contributed by atoms with Crippen molar-refractivity contribution >= 4 is 10.0 Å². The molecule has 1 saturated carbocycles. The molecule has 1 fully saturated rings. The molecule has 4 nitrogen and oxygen atoms in total. The van der Waals surface area contributed by atoms with Crippen molar-refractivity contribution in [3.8, 4) is 0 Å². The molecule has 5 heteroatoms. The molecule has 0 radical (unpaired) electrons. The highest BCUT2D eigenvalue weighted by Crippen LogP contribution is 2.39. The lowest BCUT2D eigenvalue weighted by molar-refractivity contribution is 0.166. The van der Waals surface area contributed by atoms with Crippen molar-refractivity contribution in [1.29, 1.82) is 0 Å². The van der Waals surface area contributed by atoms with E-state index in [4.69, 9.17) is 5.73 Å². The van der Waals surface area contributed by atoms with Gasteiger partial charge in [-0.2, -0.15) is 0 Å². The van der Waals surface area contributed by atoms with Crippen molar-refractivity contribution in [3.05, 3.63) is 29.8 Å². The van der Waals surface area contributed by atoms with Gasteiger partial charge in [0.05, 0.1) is 4.90 Å². The van der Waals surface area contributed by atoms with E-state index >= 15 is 0 Å². The first-order chi connectivity index (χ1) is 8.45. The molecule has 2 rings (SSSR count). The predicted molar refractivity (Wildman–Crippen MR) is 71.5 cm³/mol. The molecule has 0 amide bonds. The van der Waals surface area contributed by atoms with Crippen LogP contribution in [0.25, 0.3) is 0 Å². The Kier molecular flexibility index (Phi) is 3.75. The molecule has 1 aliphatic rings. The standard InChI is InChI=1S/C13H20N2O2S/c1-13(6-3-7-13)10-15-18(16,17)12-5-2-4-11(8-12)9-14/h2,4-5,8,15H,3,6-7,9-10,14H2,1H3. The van der Waals surface area contributed by atoms with Crippen molar-refractivity contribution < 1.29 is 8.42 Å². The summed E-state index contributed by atoms with van der Waals surface area (Å²) in [6.07, 6.45) is 3.39. The van der Waals surface area contributed by atoms with E-state index in [1.54, 1.807) is 18.2 Å². The Hall–Kier alpha value is -0.910. The van der Waals surface area contributed by atoms with E-state index in [1.807, 2.05) is 6.07 Å². The van der Waals surface area contributed by atoms with Crippen LogP contribution in [-0.2, 0) is 16.6 Å². The van der Waals surface area contributed by atoms with Crippen molar-refractivity contribution in [1.82, 2.24) is 4.72 Å². The molecule has 0 unspecified atom stereocenters. The maximum absolute atomic E-state index is 12.1. The van der Waals surface area contributed by atoms with Crippen LogP contribution in [0.1, 0.15) is 31.7 Å². The summed E-state index contributed by atoms with van der Waals surface area (Å²) in [6, 6.07) is 6.78. The van der Waals surface area contributed by atoms with Gasteiger partial charge in [-0.05, 0) is 36.0 Å². The Morgan fingerprint density at radius 1 is 1.39 bits per heavy atom. The number of hydrogen-bond acceptors (Lipinski definition) is 3. The first-order valence-corrected chi connectivity index (χ1v) is 7.72. The Bertz CT molecular complexity index is 522. The van der Waals surface area contributed by atoms with Crippen LogP contribution in [0.15, 0.2) is 29.2 Å². The third-order valence-corrected chi connectivity index (χ3v) is 5.09. The van der Waals surface area contributed by atoms with Gasteiger partial charge < -0.3 is 5.73 Å². The average molecular weight is 268 g/mol. The smallest absolute Gasteiger partial charge is 0.240 e. The van der Waals surface area contributed by atoms with E-state index in [1.165, 1.54) is 6.42 Å². The Labute approximate surface area is 109 Å². The fourth-order valence-electron chi connectivity index (χ4n) is 2.15. The number of hydrogen-bond donors (Lipinski definition) is 2. The predicted octanol–water partition coefficient (Wildman–Crippen LogP) is 1.61. The zero-order valence-electron chi connectivity index (χ0n) is 10.6. The zero-order valence-corrected chi connectivity index (χ0v) is 11.5. The molecule has 100 valence electrons. The summed E-state index contributed by atoms with van der Waals surface area (Å²) in [7, 11) is -3.41.